The van der Waals surface area contributed by atoms with Crippen LogP contribution in [0.15, 0.2) is 26.4 Å². The number of hydrogen-bond donors (Lipinski definition) is 1. The molecule has 2 atom stereocenters. The molecule has 1 fully saturated rings. The van der Waals surface area contributed by atoms with Gasteiger partial charge in [-0.25, -0.2) is 8.42 Å². The van der Waals surface area contributed by atoms with Gasteiger partial charge in [0.15, 0.2) is 9.84 Å². The Balaban J connectivity index is 1.59. The molecule has 10 heteroatoms. The topological polar surface area (TPSA) is 115 Å². The molecular weight excluding hydrogens is 354 g/mol. The molecule has 0 radical (unpaired) electrons. The first-order valence-electron chi connectivity index (χ1n) is 7.39. The van der Waals surface area contributed by atoms with E-state index < -0.39 is 15.1 Å². The van der Waals surface area contributed by atoms with Crippen molar-refractivity contribution >= 4 is 27.5 Å². The van der Waals surface area contributed by atoms with E-state index >= 15 is 0 Å². The molecule has 0 unspecified atom stereocenters. The molecule has 2 aromatic heterocycles. The van der Waals surface area contributed by atoms with Crippen molar-refractivity contribution in [3.8, 4) is 11.5 Å². The van der Waals surface area contributed by atoms with Crippen molar-refractivity contribution in [2.45, 2.75) is 36.8 Å². The predicted molar refractivity (Wildman–Crippen MR) is 87.3 cm³/mol. The maximum Gasteiger partial charge on any atom is 0.277 e. The second-order valence-electron chi connectivity index (χ2n) is 5.63. The fourth-order valence-corrected chi connectivity index (χ4v) is 4.77. The van der Waals surface area contributed by atoms with Crippen molar-refractivity contribution in [3.63, 3.8) is 0 Å². The third kappa shape index (κ3) is 3.81. The van der Waals surface area contributed by atoms with Crippen LogP contribution in [0.25, 0.3) is 11.5 Å². The molecule has 0 aromatic carbocycles. The number of carbonyl (C=O) groups is 1. The van der Waals surface area contributed by atoms with E-state index in [-0.39, 0.29) is 28.7 Å². The summed E-state index contributed by atoms with van der Waals surface area (Å²) in [7, 11) is -3.02. The Hall–Kier alpha value is -1.81. The molecule has 0 bridgehead atoms. The lowest BCUT2D eigenvalue weighted by Gasteiger charge is -2.14. The van der Waals surface area contributed by atoms with Crippen LogP contribution >= 0.6 is 11.8 Å². The van der Waals surface area contributed by atoms with Crippen molar-refractivity contribution in [1.29, 1.82) is 0 Å². The van der Waals surface area contributed by atoms with Gasteiger partial charge in [0, 0.05) is 6.04 Å². The zero-order valence-electron chi connectivity index (χ0n) is 13.2. The second kappa shape index (κ2) is 6.60. The highest BCUT2D eigenvalue weighted by Crippen LogP contribution is 2.28. The minimum atomic E-state index is -3.02. The van der Waals surface area contributed by atoms with Crippen molar-refractivity contribution in [2.24, 2.45) is 0 Å². The van der Waals surface area contributed by atoms with Crippen molar-refractivity contribution in [2.75, 3.05) is 11.5 Å². The van der Waals surface area contributed by atoms with E-state index in [1.165, 1.54) is 6.26 Å². The van der Waals surface area contributed by atoms with E-state index in [0.717, 1.165) is 11.8 Å². The van der Waals surface area contributed by atoms with Gasteiger partial charge < -0.3 is 14.2 Å². The van der Waals surface area contributed by atoms with E-state index in [0.29, 0.717) is 23.6 Å². The lowest BCUT2D eigenvalue weighted by atomic mass is 10.2. The number of aryl methyl sites for hydroxylation is 1. The molecular formula is C14H17N3O5S2. The number of amides is 1. The fourth-order valence-electron chi connectivity index (χ4n) is 2.41. The molecule has 1 aliphatic heterocycles. The normalized spacial score (nSPS) is 20.8. The highest BCUT2D eigenvalue weighted by molar-refractivity contribution is 8.00. The molecule has 1 saturated heterocycles. The summed E-state index contributed by atoms with van der Waals surface area (Å²) in [5.74, 6) is 0.875. The number of sulfone groups is 1. The van der Waals surface area contributed by atoms with E-state index in [9.17, 15) is 13.2 Å². The summed E-state index contributed by atoms with van der Waals surface area (Å²) < 4.78 is 33.6. The maximum atomic E-state index is 12.2. The summed E-state index contributed by atoms with van der Waals surface area (Å²) in [6.45, 7) is 3.49. The minimum absolute atomic E-state index is 0.000594. The van der Waals surface area contributed by atoms with E-state index in [1.54, 1.807) is 19.9 Å². The Labute approximate surface area is 143 Å². The monoisotopic (exact) mass is 371 g/mol. The van der Waals surface area contributed by atoms with Gasteiger partial charge in [0.25, 0.3) is 11.1 Å². The number of furan rings is 1. The van der Waals surface area contributed by atoms with Crippen molar-refractivity contribution in [3.05, 3.63) is 18.1 Å². The number of nitrogens with one attached hydrogen (secondary N) is 1. The average molecular weight is 371 g/mol. The number of rotatable bonds is 5. The molecule has 0 aliphatic carbocycles. The van der Waals surface area contributed by atoms with E-state index in [4.69, 9.17) is 8.83 Å². The van der Waals surface area contributed by atoms with Crippen LogP contribution < -0.4 is 5.32 Å². The van der Waals surface area contributed by atoms with Crippen LogP contribution in [0.2, 0.25) is 0 Å². The van der Waals surface area contributed by atoms with Gasteiger partial charge in [-0.05, 0) is 26.3 Å². The largest absolute Gasteiger partial charge is 0.469 e. The highest BCUT2D eigenvalue weighted by Gasteiger charge is 2.30. The molecule has 0 saturated carbocycles. The number of hydrogen-bond acceptors (Lipinski definition) is 8. The van der Waals surface area contributed by atoms with Crippen molar-refractivity contribution < 1.29 is 22.0 Å². The van der Waals surface area contributed by atoms with Crippen molar-refractivity contribution in [1.82, 2.24) is 15.5 Å². The SMILES string of the molecule is Cc1occc1-c1nnc(S[C@H](C)C(=O)N[C@H]2CCS(=O)(=O)C2)o1. The Morgan fingerprint density at radius 1 is 1.46 bits per heavy atom. The summed E-state index contributed by atoms with van der Waals surface area (Å²) in [6.07, 6.45) is 1.99. The maximum absolute atomic E-state index is 12.2. The van der Waals surface area contributed by atoms with E-state index in [2.05, 4.69) is 15.5 Å². The number of carbonyl (C=O) groups excluding carboxylic acids is 1. The first-order valence-corrected chi connectivity index (χ1v) is 10.1. The fraction of sp³-hybridized carbons (Fsp3) is 0.500. The lowest BCUT2D eigenvalue weighted by Crippen LogP contribution is -2.39. The van der Waals surface area contributed by atoms with E-state index in [1.807, 2.05) is 0 Å². The Morgan fingerprint density at radius 3 is 2.88 bits per heavy atom. The molecule has 2 aromatic rings. The van der Waals surface area contributed by atoms with Gasteiger partial charge in [0.1, 0.15) is 5.76 Å². The molecule has 130 valence electrons. The first kappa shape index (κ1) is 17.0. The van der Waals surface area contributed by atoms with Gasteiger partial charge in [-0.3, -0.25) is 4.79 Å². The third-order valence-electron chi connectivity index (χ3n) is 3.72. The van der Waals surface area contributed by atoms with Crippen LogP contribution in [-0.4, -0.2) is 47.3 Å². The number of aromatic nitrogens is 2. The van der Waals surface area contributed by atoms with Gasteiger partial charge in [-0.15, -0.1) is 10.2 Å². The summed E-state index contributed by atoms with van der Waals surface area (Å²) in [5.41, 5.74) is 0.711. The number of nitrogens with zero attached hydrogens (tertiary/aromatic N) is 2. The minimum Gasteiger partial charge on any atom is -0.469 e. The Bertz CT molecular complexity index is 842. The van der Waals surface area contributed by atoms with Crippen LogP contribution in [0, 0.1) is 6.92 Å². The zero-order chi connectivity index (χ0) is 17.3. The smallest absolute Gasteiger partial charge is 0.277 e. The first-order chi connectivity index (χ1) is 11.3. The molecule has 1 aliphatic rings. The summed E-state index contributed by atoms with van der Waals surface area (Å²) in [5, 5.41) is 10.4. The summed E-state index contributed by atoms with van der Waals surface area (Å²) in [4.78, 5) is 12.2. The molecule has 1 amide bonds. The highest BCUT2D eigenvalue weighted by atomic mass is 32.2. The van der Waals surface area contributed by atoms with Gasteiger partial charge in [0.05, 0.1) is 28.6 Å². The predicted octanol–water partition coefficient (Wildman–Crippen LogP) is 1.42. The third-order valence-corrected chi connectivity index (χ3v) is 6.42. The van der Waals surface area contributed by atoms with Gasteiger partial charge in [0.2, 0.25) is 5.91 Å². The van der Waals surface area contributed by atoms with Crippen LogP contribution in [0.1, 0.15) is 19.1 Å². The van der Waals surface area contributed by atoms with Gasteiger partial charge in [-0.2, -0.15) is 0 Å². The zero-order valence-corrected chi connectivity index (χ0v) is 14.8. The second-order valence-corrected chi connectivity index (χ2v) is 9.15. The average Bonchev–Trinajstić information content (AvgIpc) is 3.20. The standard InChI is InChI=1S/C14H17N3O5S2/c1-8-11(3-5-21-8)13-16-17-14(22-13)23-9(2)12(18)15-10-4-6-24(19,20)7-10/h3,5,9-10H,4,6-7H2,1-2H3,(H,15,18)/t9-,10+/m1/s1. The molecule has 0 spiro atoms. The van der Waals surface area contributed by atoms with Crippen LogP contribution in [0.5, 0.6) is 0 Å². The molecule has 1 N–H and O–H groups in total. The summed E-state index contributed by atoms with van der Waals surface area (Å²) >= 11 is 1.13. The van der Waals surface area contributed by atoms with Gasteiger partial charge >= 0.3 is 0 Å². The quantitative estimate of drug-likeness (QED) is 0.785. The summed E-state index contributed by atoms with van der Waals surface area (Å²) in [6, 6.07) is 1.41. The number of thioether (sulfide) groups is 1. The van der Waals surface area contributed by atoms with Crippen LogP contribution in [0.3, 0.4) is 0 Å². The Kier molecular flexibility index (Phi) is 4.68. The molecule has 8 nitrogen and oxygen atoms in total. The molecule has 3 rings (SSSR count). The Morgan fingerprint density at radius 2 is 2.25 bits per heavy atom. The van der Waals surface area contributed by atoms with Crippen LogP contribution in [0.4, 0.5) is 0 Å². The molecule has 3 heterocycles. The van der Waals surface area contributed by atoms with Crippen LogP contribution in [-0.2, 0) is 14.6 Å². The van der Waals surface area contributed by atoms with Gasteiger partial charge in [-0.1, -0.05) is 11.8 Å². The molecule has 24 heavy (non-hydrogen) atoms. The lowest BCUT2D eigenvalue weighted by molar-refractivity contribution is -0.120.